The lowest BCUT2D eigenvalue weighted by molar-refractivity contribution is 0.462. The summed E-state index contributed by atoms with van der Waals surface area (Å²) in [5, 5.41) is 14.8. The fourth-order valence-corrected chi connectivity index (χ4v) is 3.24. The highest BCUT2D eigenvalue weighted by Crippen LogP contribution is 2.42. The van der Waals surface area contributed by atoms with Crippen LogP contribution < -0.4 is 0 Å². The van der Waals surface area contributed by atoms with E-state index in [1.54, 1.807) is 18.2 Å². The molecule has 1 aromatic heterocycles. The van der Waals surface area contributed by atoms with E-state index >= 15 is 0 Å². The van der Waals surface area contributed by atoms with Gasteiger partial charge in [0.2, 0.25) is 0 Å². The third-order valence-corrected chi connectivity index (χ3v) is 4.32. The first-order valence-corrected chi connectivity index (χ1v) is 7.44. The quantitative estimate of drug-likeness (QED) is 0.455. The van der Waals surface area contributed by atoms with Gasteiger partial charge in [-0.2, -0.15) is 0 Å². The number of nitrogens with zero attached hydrogens (tertiary/aromatic N) is 5. The van der Waals surface area contributed by atoms with Crippen LogP contribution in [0.3, 0.4) is 0 Å². The van der Waals surface area contributed by atoms with Crippen LogP contribution in [0.5, 0.6) is 0 Å². The van der Waals surface area contributed by atoms with Gasteiger partial charge in [-0.25, -0.2) is 0 Å². The molecule has 0 aliphatic carbocycles. The minimum atomic E-state index is -4.11. The Morgan fingerprint density at radius 3 is 2.58 bits per heavy atom. The lowest BCUT2D eigenvalue weighted by Gasteiger charge is -2.44. The van der Waals surface area contributed by atoms with E-state index in [1.165, 1.54) is 12.3 Å². The smallest absolute Gasteiger partial charge is 0.446 e. The molecule has 5 nitrogen and oxygen atoms in total. The zero-order chi connectivity index (χ0) is 16.9. The van der Waals surface area contributed by atoms with Gasteiger partial charge in [-0.1, -0.05) is 29.8 Å². The lowest BCUT2D eigenvalue weighted by atomic mass is 9.85. The van der Waals surface area contributed by atoms with Gasteiger partial charge >= 0.3 is 12.1 Å². The number of hydrogen-bond donors (Lipinski definition) is 0. The highest BCUT2D eigenvalue weighted by molar-refractivity contribution is 6.66. The molecule has 0 saturated heterocycles. The summed E-state index contributed by atoms with van der Waals surface area (Å²) < 4.78 is 30.9. The maximum absolute atomic E-state index is 15.0. The molecule has 3 heterocycles. The number of halogens is 2. The molecule has 0 radical (unpaired) electrons. The van der Waals surface area contributed by atoms with Crippen LogP contribution in [0.4, 0.5) is 8.63 Å². The number of hydrogen-bond acceptors (Lipinski definition) is 2. The van der Waals surface area contributed by atoms with E-state index in [4.69, 9.17) is 5.39 Å². The van der Waals surface area contributed by atoms with E-state index in [0.29, 0.717) is 17.0 Å². The average Bonchev–Trinajstić information content (AvgIpc) is 3.18. The number of benzene rings is 1. The van der Waals surface area contributed by atoms with Crippen molar-refractivity contribution < 1.29 is 8.63 Å². The maximum Gasteiger partial charge on any atom is 0.534 e. The van der Waals surface area contributed by atoms with Gasteiger partial charge in [0.05, 0.1) is 0 Å². The molecule has 118 valence electrons. The molecule has 8 heteroatoms. The number of fused-ring (bicyclic) bond motifs is 2. The normalized spacial score (nSPS) is 19.4. The van der Waals surface area contributed by atoms with Crippen LogP contribution in [-0.2, 0) is 0 Å². The van der Waals surface area contributed by atoms with Crippen molar-refractivity contribution in [1.29, 1.82) is 5.39 Å². The molecule has 0 fully saturated rings. The largest absolute Gasteiger partial charge is 0.534 e. The fraction of sp³-hybridized carbons (Fsp3) is 0.0625. The topological polar surface area (TPSA) is 48.7 Å². The Morgan fingerprint density at radius 2 is 1.88 bits per heavy atom. The van der Waals surface area contributed by atoms with Crippen molar-refractivity contribution in [3.8, 4) is 0 Å². The molecule has 2 aromatic rings. The van der Waals surface area contributed by atoms with Gasteiger partial charge in [0.15, 0.2) is 10.9 Å². The van der Waals surface area contributed by atoms with Crippen LogP contribution in [-0.4, -0.2) is 22.1 Å². The number of amidine groups is 1. The zero-order valence-corrected chi connectivity index (χ0v) is 12.8. The summed E-state index contributed by atoms with van der Waals surface area (Å²) in [7, 11) is 0. The van der Waals surface area contributed by atoms with Gasteiger partial charge in [0.25, 0.3) is 5.39 Å². The summed E-state index contributed by atoms with van der Waals surface area (Å²) in [6.45, 7) is -2.14. The monoisotopic (exact) mass is 323 g/mol. The van der Waals surface area contributed by atoms with Crippen LogP contribution in [0.1, 0.15) is 16.8 Å². The van der Waals surface area contributed by atoms with E-state index in [9.17, 15) is 8.63 Å². The second kappa shape index (κ2) is 4.90. The molecule has 0 unspecified atom stereocenters. The molecule has 0 bridgehead atoms. The second-order valence-corrected chi connectivity index (χ2v) is 5.77. The Bertz CT molecular complexity index is 963. The first kappa shape index (κ1) is 14.4. The molecule has 4 rings (SSSR count). The van der Waals surface area contributed by atoms with Crippen LogP contribution in [0, 0.1) is 12.3 Å². The van der Waals surface area contributed by atoms with Crippen LogP contribution in [0.25, 0.3) is 10.7 Å². The highest BCUT2D eigenvalue weighted by atomic mass is 19.2. The molecule has 0 N–H and O–H groups in total. The van der Waals surface area contributed by atoms with Gasteiger partial charge in [-0.3, -0.25) is 0 Å². The minimum Gasteiger partial charge on any atom is -0.446 e. The van der Waals surface area contributed by atoms with Gasteiger partial charge in [-0.15, -0.1) is 0 Å². The average molecular weight is 323 g/mol. The molecular formula is C16H12BF2N5. The summed E-state index contributed by atoms with van der Waals surface area (Å²) in [5.41, 5.74) is 3.40. The summed E-state index contributed by atoms with van der Waals surface area (Å²) in [6, 6.07) is 11.0. The van der Waals surface area contributed by atoms with Crippen LogP contribution in [0.15, 0.2) is 65.5 Å². The fourth-order valence-electron chi connectivity index (χ4n) is 3.24. The van der Waals surface area contributed by atoms with Crippen molar-refractivity contribution in [2.45, 2.75) is 6.92 Å². The Morgan fingerprint density at radius 1 is 1.12 bits per heavy atom. The Labute approximate surface area is 136 Å². The molecule has 0 spiro atoms. The first-order valence-electron chi connectivity index (χ1n) is 7.44. The van der Waals surface area contributed by atoms with E-state index in [2.05, 4.69) is 10.2 Å². The molecule has 2 aliphatic rings. The number of aryl methyl sites for hydroxylation is 1. The van der Waals surface area contributed by atoms with Gasteiger partial charge in [0, 0.05) is 17.0 Å². The van der Waals surface area contributed by atoms with Gasteiger partial charge < -0.3 is 17.9 Å². The molecule has 0 amide bonds. The zero-order valence-electron chi connectivity index (χ0n) is 12.8. The molecule has 0 saturated carbocycles. The van der Waals surface area contributed by atoms with Gasteiger partial charge in [0.1, 0.15) is 0 Å². The number of aromatic nitrogens is 1. The second-order valence-electron chi connectivity index (χ2n) is 5.77. The number of diazo groups is 1. The minimum absolute atomic E-state index is 0.0959. The van der Waals surface area contributed by atoms with Crippen molar-refractivity contribution in [2.75, 3.05) is 0 Å². The molecule has 24 heavy (non-hydrogen) atoms. The Balaban J connectivity index is 2.02. The van der Waals surface area contributed by atoms with E-state index < -0.39 is 6.97 Å². The summed E-state index contributed by atoms with van der Waals surface area (Å²) in [6.07, 6.45) is 4.35. The Kier molecular flexibility index (Phi) is 2.94. The van der Waals surface area contributed by atoms with E-state index in [1.807, 2.05) is 31.2 Å². The standard InChI is InChI=1S/C16H12BF2N5/c1-11-4-6-12(7-5-11)16-13-3-2-10-23(13)17(18,19)24-14(16)8-9-15(24)21-22-20/h2-10H,1H3. The third-order valence-electron chi connectivity index (χ3n) is 4.32. The maximum atomic E-state index is 15.0. The van der Waals surface area contributed by atoms with Crippen LogP contribution in [0.2, 0.25) is 0 Å². The number of rotatable bonds is 1. The summed E-state index contributed by atoms with van der Waals surface area (Å²) in [4.78, 5) is 0.835. The summed E-state index contributed by atoms with van der Waals surface area (Å²) in [5.74, 6) is -0.0959. The van der Waals surface area contributed by atoms with E-state index in [-0.39, 0.29) is 5.84 Å². The highest BCUT2D eigenvalue weighted by Gasteiger charge is 2.46. The predicted molar refractivity (Wildman–Crippen MR) is 88.5 cm³/mol. The van der Waals surface area contributed by atoms with Crippen molar-refractivity contribution in [1.82, 2.24) is 9.29 Å². The number of allylic oxidation sites excluding steroid dienone is 1. The van der Waals surface area contributed by atoms with Crippen molar-refractivity contribution in [3.63, 3.8) is 0 Å². The predicted octanol–water partition coefficient (Wildman–Crippen LogP) is 3.83. The molecular weight excluding hydrogens is 311 g/mol. The summed E-state index contributed by atoms with van der Waals surface area (Å²) >= 11 is 0. The first-order chi connectivity index (χ1) is 11.5. The lowest BCUT2D eigenvalue weighted by Crippen LogP contribution is -2.55. The van der Waals surface area contributed by atoms with Gasteiger partial charge in [-0.05, 0) is 43.0 Å². The van der Waals surface area contributed by atoms with Crippen molar-refractivity contribution >= 4 is 18.4 Å². The molecule has 0 atom stereocenters. The molecule has 1 aromatic carbocycles. The SMILES string of the molecule is Cc1ccc(C2=C3C=CC(=N[N+]#N)N3[B-](F)(F)n3cccc32)cc1. The van der Waals surface area contributed by atoms with Crippen molar-refractivity contribution in [3.05, 3.63) is 82.3 Å². The van der Waals surface area contributed by atoms with Crippen molar-refractivity contribution in [2.24, 2.45) is 5.10 Å². The van der Waals surface area contributed by atoms with Crippen LogP contribution >= 0.6 is 0 Å². The van der Waals surface area contributed by atoms with E-state index in [0.717, 1.165) is 20.4 Å². The third kappa shape index (κ3) is 1.85. The Hall–Kier alpha value is -3.21. The molecule has 2 aliphatic heterocycles.